The largest absolute Gasteiger partial charge is 0.304 e. The van der Waals surface area contributed by atoms with E-state index >= 15 is 0 Å². The molecule has 0 aromatic rings. The van der Waals surface area contributed by atoms with E-state index in [-0.39, 0.29) is 0 Å². The fraction of sp³-hybridized carbons (Fsp3) is 1.00. The third kappa shape index (κ3) is 30.1. The van der Waals surface area contributed by atoms with Crippen LogP contribution in [0.1, 0.15) is 201 Å². The Bertz CT molecular complexity index is 352. The predicted molar refractivity (Wildman–Crippen MR) is 163 cm³/mol. The molecule has 0 rings (SSSR count). The molecule has 0 aliphatic rings. The molecule has 0 aromatic carbocycles. The quantitative estimate of drug-likeness (QED) is 0.0867. The van der Waals surface area contributed by atoms with E-state index in [0.29, 0.717) is 0 Å². The van der Waals surface area contributed by atoms with E-state index < -0.39 is 0 Å². The fourth-order valence-electron chi connectivity index (χ4n) is 5.49. The van der Waals surface area contributed by atoms with Gasteiger partial charge in [0, 0.05) is 0 Å². The second-order valence-corrected chi connectivity index (χ2v) is 11.6. The lowest BCUT2D eigenvalue weighted by atomic mass is 10.0. The first-order valence-electron chi connectivity index (χ1n) is 17.1. The number of hydrogen-bond donors (Lipinski definition) is 0. The summed E-state index contributed by atoms with van der Waals surface area (Å²) in [5.41, 5.74) is 0. The fourth-order valence-corrected chi connectivity index (χ4v) is 5.49. The van der Waals surface area contributed by atoms with Gasteiger partial charge in [0.05, 0.1) is 0 Å². The highest BCUT2D eigenvalue weighted by Crippen LogP contribution is 2.15. The molecule has 0 spiro atoms. The molecule has 0 amide bonds. The standard InChI is InChI=1S/C34H71N/c1-4-7-9-11-13-15-16-17-18-19-20-21-22-23-24-25-26-28-30-32-34-35(6-3)33-31-29-27-14-12-10-8-5-2/h4-34H2,1-3H3. The Morgan fingerprint density at radius 1 is 0.257 bits per heavy atom. The summed E-state index contributed by atoms with van der Waals surface area (Å²) in [6, 6.07) is 0. The van der Waals surface area contributed by atoms with Crippen LogP contribution in [0.5, 0.6) is 0 Å². The van der Waals surface area contributed by atoms with Crippen molar-refractivity contribution in [2.75, 3.05) is 19.6 Å². The first-order chi connectivity index (χ1) is 17.3. The van der Waals surface area contributed by atoms with E-state index in [1.165, 1.54) is 199 Å². The number of rotatable bonds is 31. The van der Waals surface area contributed by atoms with Crippen LogP contribution in [-0.2, 0) is 0 Å². The van der Waals surface area contributed by atoms with Crippen LogP contribution in [0.3, 0.4) is 0 Å². The van der Waals surface area contributed by atoms with Crippen molar-refractivity contribution in [3.63, 3.8) is 0 Å². The van der Waals surface area contributed by atoms with Crippen molar-refractivity contribution >= 4 is 0 Å². The molecule has 1 heteroatoms. The van der Waals surface area contributed by atoms with Gasteiger partial charge in [0.15, 0.2) is 0 Å². The van der Waals surface area contributed by atoms with Crippen LogP contribution in [-0.4, -0.2) is 24.5 Å². The van der Waals surface area contributed by atoms with Gasteiger partial charge in [-0.3, -0.25) is 0 Å². The Balaban J connectivity index is 3.20. The summed E-state index contributed by atoms with van der Waals surface area (Å²) in [5.74, 6) is 0. The molecule has 0 aliphatic heterocycles. The maximum atomic E-state index is 2.70. The molecule has 0 atom stereocenters. The molecule has 0 aromatic heterocycles. The molecule has 0 bridgehead atoms. The van der Waals surface area contributed by atoms with Gasteiger partial charge in [-0.1, -0.05) is 188 Å². The Labute approximate surface area is 225 Å². The summed E-state index contributed by atoms with van der Waals surface area (Å²) in [7, 11) is 0. The molecule has 0 N–H and O–H groups in total. The second kappa shape index (κ2) is 32.0. The second-order valence-electron chi connectivity index (χ2n) is 11.6. The normalized spacial score (nSPS) is 11.7. The minimum Gasteiger partial charge on any atom is -0.304 e. The molecule has 0 fully saturated rings. The summed E-state index contributed by atoms with van der Waals surface area (Å²) in [4.78, 5) is 2.70. The lowest BCUT2D eigenvalue weighted by Gasteiger charge is -2.20. The van der Waals surface area contributed by atoms with Gasteiger partial charge in [0.1, 0.15) is 0 Å². The van der Waals surface area contributed by atoms with Gasteiger partial charge in [-0.2, -0.15) is 0 Å². The molecule has 0 radical (unpaired) electrons. The first-order valence-corrected chi connectivity index (χ1v) is 17.1. The molecule has 35 heavy (non-hydrogen) atoms. The topological polar surface area (TPSA) is 3.24 Å². The monoisotopic (exact) mass is 494 g/mol. The molecule has 0 aliphatic carbocycles. The summed E-state index contributed by atoms with van der Waals surface area (Å²) in [5, 5.41) is 0. The lowest BCUT2D eigenvalue weighted by Crippen LogP contribution is -2.25. The summed E-state index contributed by atoms with van der Waals surface area (Å²) in [6.45, 7) is 10.9. The van der Waals surface area contributed by atoms with E-state index in [1.54, 1.807) is 0 Å². The Morgan fingerprint density at radius 2 is 0.457 bits per heavy atom. The molecule has 0 heterocycles. The van der Waals surface area contributed by atoms with Crippen LogP contribution in [0.2, 0.25) is 0 Å². The van der Waals surface area contributed by atoms with Crippen LogP contribution in [0.4, 0.5) is 0 Å². The highest BCUT2D eigenvalue weighted by molar-refractivity contribution is 4.58. The first kappa shape index (κ1) is 35.0. The van der Waals surface area contributed by atoms with E-state index in [1.807, 2.05) is 0 Å². The van der Waals surface area contributed by atoms with Gasteiger partial charge in [0.25, 0.3) is 0 Å². The van der Waals surface area contributed by atoms with Crippen molar-refractivity contribution in [1.82, 2.24) is 4.90 Å². The third-order valence-corrected chi connectivity index (χ3v) is 8.10. The van der Waals surface area contributed by atoms with Crippen molar-refractivity contribution in [2.45, 2.75) is 201 Å². The van der Waals surface area contributed by atoms with Crippen LogP contribution < -0.4 is 0 Å². The van der Waals surface area contributed by atoms with E-state index in [2.05, 4.69) is 25.7 Å². The van der Waals surface area contributed by atoms with Crippen LogP contribution in [0.25, 0.3) is 0 Å². The maximum Gasteiger partial charge on any atom is -0.00189 e. The van der Waals surface area contributed by atoms with E-state index in [4.69, 9.17) is 0 Å². The molecule has 1 nitrogen and oxygen atoms in total. The van der Waals surface area contributed by atoms with E-state index in [9.17, 15) is 0 Å². The van der Waals surface area contributed by atoms with Crippen LogP contribution in [0.15, 0.2) is 0 Å². The lowest BCUT2D eigenvalue weighted by molar-refractivity contribution is 0.273. The zero-order valence-electron chi connectivity index (χ0n) is 25.4. The van der Waals surface area contributed by atoms with Crippen molar-refractivity contribution in [2.24, 2.45) is 0 Å². The molecule has 0 saturated heterocycles. The van der Waals surface area contributed by atoms with Crippen molar-refractivity contribution < 1.29 is 0 Å². The molecular weight excluding hydrogens is 422 g/mol. The van der Waals surface area contributed by atoms with Gasteiger partial charge in [-0.15, -0.1) is 0 Å². The Morgan fingerprint density at radius 3 is 0.657 bits per heavy atom. The Hall–Kier alpha value is -0.0400. The molecule has 212 valence electrons. The highest BCUT2D eigenvalue weighted by Gasteiger charge is 2.02. The minimum atomic E-state index is 1.25. The summed E-state index contributed by atoms with van der Waals surface area (Å²) in [6.07, 6.45) is 40.9. The van der Waals surface area contributed by atoms with Gasteiger partial charge in [-0.05, 0) is 32.5 Å². The predicted octanol–water partition coefficient (Wildman–Crippen LogP) is 12.3. The number of unbranched alkanes of at least 4 members (excludes halogenated alkanes) is 26. The van der Waals surface area contributed by atoms with Crippen molar-refractivity contribution in [1.29, 1.82) is 0 Å². The highest BCUT2D eigenvalue weighted by atomic mass is 15.1. The zero-order valence-corrected chi connectivity index (χ0v) is 25.4. The van der Waals surface area contributed by atoms with Crippen molar-refractivity contribution in [3.8, 4) is 0 Å². The third-order valence-electron chi connectivity index (χ3n) is 8.10. The smallest absolute Gasteiger partial charge is 0.00189 e. The van der Waals surface area contributed by atoms with E-state index in [0.717, 1.165) is 0 Å². The molecular formula is C34H71N. The maximum absolute atomic E-state index is 2.70. The number of hydrogen-bond acceptors (Lipinski definition) is 1. The van der Waals surface area contributed by atoms with Gasteiger partial charge in [-0.25, -0.2) is 0 Å². The molecule has 0 unspecified atom stereocenters. The van der Waals surface area contributed by atoms with Crippen molar-refractivity contribution in [3.05, 3.63) is 0 Å². The van der Waals surface area contributed by atoms with Gasteiger partial charge in [0.2, 0.25) is 0 Å². The Kier molecular flexibility index (Phi) is 32.0. The summed E-state index contributed by atoms with van der Waals surface area (Å²) < 4.78 is 0. The van der Waals surface area contributed by atoms with Crippen LogP contribution >= 0.6 is 0 Å². The van der Waals surface area contributed by atoms with Gasteiger partial charge >= 0.3 is 0 Å². The number of nitrogens with zero attached hydrogens (tertiary/aromatic N) is 1. The van der Waals surface area contributed by atoms with Crippen LogP contribution in [0, 0.1) is 0 Å². The van der Waals surface area contributed by atoms with Gasteiger partial charge < -0.3 is 4.90 Å². The zero-order chi connectivity index (χ0) is 25.5. The average molecular weight is 494 g/mol. The summed E-state index contributed by atoms with van der Waals surface area (Å²) >= 11 is 0. The minimum absolute atomic E-state index is 1.25. The average Bonchev–Trinajstić information content (AvgIpc) is 2.87. The molecule has 0 saturated carbocycles. The SMILES string of the molecule is CCCCCCCCCCCCCCCCCCCCCCN(CC)CCCCCCCCCC.